The van der Waals surface area contributed by atoms with Crippen LogP contribution < -0.4 is 10.6 Å². The van der Waals surface area contributed by atoms with Gasteiger partial charge in [0, 0.05) is 23.9 Å². The Morgan fingerprint density at radius 2 is 2.14 bits per heavy atom. The summed E-state index contributed by atoms with van der Waals surface area (Å²) in [6.07, 6.45) is 9.19. The molecule has 0 aromatic carbocycles. The van der Waals surface area contributed by atoms with Gasteiger partial charge >= 0.3 is 0 Å². The van der Waals surface area contributed by atoms with Crippen LogP contribution in [0.4, 0.5) is 0 Å². The van der Waals surface area contributed by atoms with E-state index in [-0.39, 0.29) is 0 Å². The third kappa shape index (κ3) is 2.65. The van der Waals surface area contributed by atoms with E-state index in [1.165, 1.54) is 45.2 Å². The summed E-state index contributed by atoms with van der Waals surface area (Å²) in [6, 6.07) is 1.52. The van der Waals surface area contributed by atoms with Crippen LogP contribution in [0.5, 0.6) is 0 Å². The smallest absolute Gasteiger partial charge is 0.0198 e. The fraction of sp³-hybridized carbons (Fsp3) is 1.00. The van der Waals surface area contributed by atoms with Crippen LogP contribution >= 0.6 is 11.8 Å². The Hall–Kier alpha value is 0.270. The molecule has 1 saturated heterocycles. The van der Waals surface area contributed by atoms with Crippen molar-refractivity contribution in [1.82, 2.24) is 10.6 Å². The van der Waals surface area contributed by atoms with Gasteiger partial charge in [0.15, 0.2) is 0 Å². The molecule has 3 unspecified atom stereocenters. The van der Waals surface area contributed by atoms with Crippen LogP contribution in [0, 0.1) is 0 Å². The van der Waals surface area contributed by atoms with Gasteiger partial charge in [0.1, 0.15) is 0 Å². The van der Waals surface area contributed by atoms with Crippen LogP contribution in [-0.4, -0.2) is 36.7 Å². The van der Waals surface area contributed by atoms with Gasteiger partial charge in [-0.2, -0.15) is 11.8 Å². The second-order valence-corrected chi connectivity index (χ2v) is 5.60. The normalized spacial score (nSPS) is 38.8. The summed E-state index contributed by atoms with van der Waals surface area (Å²) in [7, 11) is 0. The lowest BCUT2D eigenvalue weighted by molar-refractivity contribution is 0.354. The molecule has 3 heteroatoms. The topological polar surface area (TPSA) is 24.1 Å². The minimum Gasteiger partial charge on any atom is -0.315 e. The first-order chi connectivity index (χ1) is 6.90. The molecular formula is C11H22N2S. The SMILES string of the molecule is CSC1CCCC1NC1CCCNC1. The molecular weight excluding hydrogens is 192 g/mol. The number of thioether (sulfide) groups is 1. The Labute approximate surface area is 91.6 Å². The predicted molar refractivity (Wildman–Crippen MR) is 64.0 cm³/mol. The molecule has 2 aliphatic rings. The van der Waals surface area contributed by atoms with Crippen LogP contribution in [0.15, 0.2) is 0 Å². The van der Waals surface area contributed by atoms with E-state index in [0.29, 0.717) is 0 Å². The van der Waals surface area contributed by atoms with Crippen molar-refractivity contribution in [3.8, 4) is 0 Å². The highest BCUT2D eigenvalue weighted by Crippen LogP contribution is 2.28. The maximum atomic E-state index is 3.84. The Bertz CT molecular complexity index is 169. The van der Waals surface area contributed by atoms with Crippen molar-refractivity contribution >= 4 is 11.8 Å². The zero-order valence-electron chi connectivity index (χ0n) is 9.09. The zero-order chi connectivity index (χ0) is 9.80. The molecule has 0 aromatic heterocycles. The van der Waals surface area contributed by atoms with Crippen molar-refractivity contribution < 1.29 is 0 Å². The van der Waals surface area contributed by atoms with Crippen molar-refractivity contribution in [1.29, 1.82) is 0 Å². The first-order valence-electron chi connectivity index (χ1n) is 5.89. The molecule has 1 aliphatic heterocycles. The Kier molecular flexibility index (Phi) is 4.14. The van der Waals surface area contributed by atoms with E-state index in [2.05, 4.69) is 16.9 Å². The lowest BCUT2D eigenvalue weighted by Crippen LogP contribution is -2.49. The average Bonchev–Trinajstić information content (AvgIpc) is 2.67. The molecule has 0 aromatic rings. The first kappa shape index (κ1) is 10.8. The molecule has 82 valence electrons. The fourth-order valence-electron chi connectivity index (χ4n) is 2.70. The van der Waals surface area contributed by atoms with E-state index in [1.54, 1.807) is 0 Å². The van der Waals surface area contributed by atoms with Gasteiger partial charge < -0.3 is 10.6 Å². The molecule has 0 bridgehead atoms. The Morgan fingerprint density at radius 3 is 2.86 bits per heavy atom. The van der Waals surface area contributed by atoms with Gasteiger partial charge in [-0.1, -0.05) is 6.42 Å². The molecule has 3 atom stereocenters. The minimum atomic E-state index is 0.737. The largest absolute Gasteiger partial charge is 0.315 e. The lowest BCUT2D eigenvalue weighted by atomic mass is 10.1. The summed E-state index contributed by atoms with van der Waals surface area (Å²) in [4.78, 5) is 0. The first-order valence-corrected chi connectivity index (χ1v) is 7.18. The van der Waals surface area contributed by atoms with Crippen molar-refractivity contribution in [3.05, 3.63) is 0 Å². The van der Waals surface area contributed by atoms with Crippen LogP contribution in [0.2, 0.25) is 0 Å². The fourth-order valence-corrected chi connectivity index (χ4v) is 3.64. The standard InChI is InChI=1S/C11H22N2S/c1-14-11-6-2-5-10(11)13-9-4-3-7-12-8-9/h9-13H,2-8H2,1H3. The van der Waals surface area contributed by atoms with Gasteiger partial charge in [0.2, 0.25) is 0 Å². The van der Waals surface area contributed by atoms with Gasteiger partial charge in [-0.3, -0.25) is 0 Å². The van der Waals surface area contributed by atoms with E-state index >= 15 is 0 Å². The molecule has 1 heterocycles. The van der Waals surface area contributed by atoms with Crippen molar-refractivity contribution in [2.24, 2.45) is 0 Å². The van der Waals surface area contributed by atoms with E-state index in [0.717, 1.165) is 17.3 Å². The third-order valence-electron chi connectivity index (χ3n) is 3.50. The van der Waals surface area contributed by atoms with Crippen molar-refractivity contribution in [2.75, 3.05) is 19.3 Å². The van der Waals surface area contributed by atoms with Gasteiger partial charge in [-0.25, -0.2) is 0 Å². The summed E-state index contributed by atoms with van der Waals surface area (Å²) in [5.41, 5.74) is 0. The summed E-state index contributed by atoms with van der Waals surface area (Å²) in [6.45, 7) is 2.40. The third-order valence-corrected chi connectivity index (χ3v) is 4.67. The van der Waals surface area contributed by atoms with Crippen LogP contribution in [0.3, 0.4) is 0 Å². The second-order valence-electron chi connectivity index (χ2n) is 4.52. The second kappa shape index (κ2) is 5.38. The van der Waals surface area contributed by atoms with Crippen molar-refractivity contribution in [3.63, 3.8) is 0 Å². The lowest BCUT2D eigenvalue weighted by Gasteiger charge is -2.29. The monoisotopic (exact) mass is 214 g/mol. The molecule has 0 spiro atoms. The molecule has 0 amide bonds. The highest BCUT2D eigenvalue weighted by atomic mass is 32.2. The van der Waals surface area contributed by atoms with Gasteiger partial charge in [0.05, 0.1) is 0 Å². The molecule has 1 saturated carbocycles. The van der Waals surface area contributed by atoms with Crippen molar-refractivity contribution in [2.45, 2.75) is 49.4 Å². The molecule has 0 radical (unpaired) electrons. The molecule has 2 rings (SSSR count). The summed E-state index contributed by atoms with van der Waals surface area (Å²) in [5, 5.41) is 8.18. The molecule has 14 heavy (non-hydrogen) atoms. The van der Waals surface area contributed by atoms with E-state index in [4.69, 9.17) is 0 Å². The maximum absolute atomic E-state index is 3.84. The van der Waals surface area contributed by atoms with Crippen LogP contribution in [0.1, 0.15) is 32.1 Å². The summed E-state index contributed by atoms with van der Waals surface area (Å²) >= 11 is 2.05. The highest BCUT2D eigenvalue weighted by molar-refractivity contribution is 7.99. The number of hydrogen-bond donors (Lipinski definition) is 2. The van der Waals surface area contributed by atoms with Crippen LogP contribution in [0.25, 0.3) is 0 Å². The van der Waals surface area contributed by atoms with Gasteiger partial charge in [-0.15, -0.1) is 0 Å². The van der Waals surface area contributed by atoms with Gasteiger partial charge in [-0.05, 0) is 38.5 Å². The highest BCUT2D eigenvalue weighted by Gasteiger charge is 2.28. The average molecular weight is 214 g/mol. The molecule has 2 N–H and O–H groups in total. The molecule has 2 fully saturated rings. The summed E-state index contributed by atoms with van der Waals surface area (Å²) in [5.74, 6) is 0. The number of nitrogens with one attached hydrogen (secondary N) is 2. The molecule has 1 aliphatic carbocycles. The summed E-state index contributed by atoms with van der Waals surface area (Å²) < 4.78 is 0. The van der Waals surface area contributed by atoms with E-state index in [1.807, 2.05) is 11.8 Å². The quantitative estimate of drug-likeness (QED) is 0.746. The minimum absolute atomic E-state index is 0.737. The number of rotatable bonds is 3. The number of hydrogen-bond acceptors (Lipinski definition) is 3. The predicted octanol–water partition coefficient (Wildman–Crippen LogP) is 1.61. The van der Waals surface area contributed by atoms with Crippen LogP contribution in [-0.2, 0) is 0 Å². The zero-order valence-corrected chi connectivity index (χ0v) is 9.91. The van der Waals surface area contributed by atoms with E-state index < -0.39 is 0 Å². The Morgan fingerprint density at radius 1 is 1.21 bits per heavy atom. The maximum Gasteiger partial charge on any atom is 0.0198 e. The molecule has 2 nitrogen and oxygen atoms in total. The number of piperidine rings is 1. The Balaban J connectivity index is 1.77. The van der Waals surface area contributed by atoms with E-state index in [9.17, 15) is 0 Å². The van der Waals surface area contributed by atoms with Gasteiger partial charge in [0.25, 0.3) is 0 Å².